The summed E-state index contributed by atoms with van der Waals surface area (Å²) in [7, 11) is 0. The Morgan fingerprint density at radius 2 is 0.909 bits per heavy atom. The summed E-state index contributed by atoms with van der Waals surface area (Å²) in [6.45, 7) is 4.45. The Bertz CT molecular complexity index is 1610. The number of fused-ring (bicyclic) bond motifs is 2. The lowest BCUT2D eigenvalue weighted by molar-refractivity contribution is 0.0733. The van der Waals surface area contributed by atoms with Crippen LogP contribution >= 0.6 is 0 Å². The molecule has 0 aliphatic heterocycles. The van der Waals surface area contributed by atoms with Crippen molar-refractivity contribution in [2.45, 2.75) is 78.1 Å². The van der Waals surface area contributed by atoms with Crippen molar-refractivity contribution < 1.29 is 19.1 Å². The molecule has 5 aromatic rings. The Hall–Kier alpha value is -4.44. The molecule has 4 heteroatoms. The number of rotatable bonds is 14. The number of hydrogen-bond donors (Lipinski definition) is 0. The average Bonchev–Trinajstić information content (AvgIpc) is 3.04. The molecule has 226 valence electrons. The largest absolute Gasteiger partial charge is 0.423 e. The number of unbranched alkanes of at least 4 members (excludes halogenated alkanes) is 6. The molecule has 0 heterocycles. The zero-order valence-corrected chi connectivity index (χ0v) is 25.9. The van der Waals surface area contributed by atoms with Crippen LogP contribution in [-0.2, 0) is 12.8 Å². The summed E-state index contributed by atoms with van der Waals surface area (Å²) < 4.78 is 11.3. The summed E-state index contributed by atoms with van der Waals surface area (Å²) in [4.78, 5) is 26.0. The molecule has 0 aliphatic carbocycles. The van der Waals surface area contributed by atoms with Gasteiger partial charge in [0.15, 0.2) is 0 Å². The molecule has 0 saturated carbocycles. The maximum Gasteiger partial charge on any atom is 0.343 e. The van der Waals surface area contributed by atoms with Gasteiger partial charge in [-0.05, 0) is 94.8 Å². The van der Waals surface area contributed by atoms with E-state index in [-0.39, 0.29) is 0 Å². The third kappa shape index (κ3) is 8.35. The molecule has 44 heavy (non-hydrogen) atoms. The van der Waals surface area contributed by atoms with E-state index in [1.807, 2.05) is 24.3 Å². The van der Waals surface area contributed by atoms with Gasteiger partial charge in [0, 0.05) is 6.07 Å². The molecule has 5 aromatic carbocycles. The van der Waals surface area contributed by atoms with Gasteiger partial charge in [0.05, 0.1) is 11.1 Å². The maximum absolute atomic E-state index is 13.0. The van der Waals surface area contributed by atoms with Gasteiger partial charge in [-0.3, -0.25) is 0 Å². The first-order chi connectivity index (χ1) is 21.5. The van der Waals surface area contributed by atoms with Crippen molar-refractivity contribution in [1.29, 1.82) is 0 Å². The second kappa shape index (κ2) is 15.3. The van der Waals surface area contributed by atoms with E-state index in [1.165, 1.54) is 62.5 Å². The highest BCUT2D eigenvalue weighted by molar-refractivity contribution is 5.97. The predicted molar refractivity (Wildman–Crippen MR) is 180 cm³/mol. The molecular weight excluding hydrogens is 544 g/mol. The number of ether oxygens (including phenoxy) is 2. The summed E-state index contributed by atoms with van der Waals surface area (Å²) in [5.74, 6) is -0.294. The number of aryl methyl sites for hydroxylation is 2. The molecule has 0 radical (unpaired) electrons. The Balaban J connectivity index is 1.20. The van der Waals surface area contributed by atoms with Gasteiger partial charge in [-0.25, -0.2) is 9.59 Å². The van der Waals surface area contributed by atoms with Crippen molar-refractivity contribution in [1.82, 2.24) is 0 Å². The van der Waals surface area contributed by atoms with Crippen molar-refractivity contribution in [2.24, 2.45) is 0 Å². The summed E-state index contributed by atoms with van der Waals surface area (Å²) in [5, 5.41) is 4.22. The second-order valence-electron chi connectivity index (χ2n) is 11.7. The van der Waals surface area contributed by atoms with Gasteiger partial charge in [-0.1, -0.05) is 107 Å². The van der Waals surface area contributed by atoms with Crippen LogP contribution in [0.4, 0.5) is 0 Å². The third-order valence-corrected chi connectivity index (χ3v) is 8.15. The minimum absolute atomic E-state index is 0.313. The Morgan fingerprint density at radius 1 is 0.477 bits per heavy atom. The zero-order chi connectivity index (χ0) is 30.7. The first kappa shape index (κ1) is 31.0. The first-order valence-corrected chi connectivity index (χ1v) is 16.1. The fourth-order valence-corrected chi connectivity index (χ4v) is 5.60. The lowest BCUT2D eigenvalue weighted by Gasteiger charge is -2.09. The van der Waals surface area contributed by atoms with E-state index >= 15 is 0 Å². The summed E-state index contributed by atoms with van der Waals surface area (Å²) >= 11 is 0. The van der Waals surface area contributed by atoms with Crippen LogP contribution in [0.5, 0.6) is 11.5 Å². The van der Waals surface area contributed by atoms with Gasteiger partial charge in [0.1, 0.15) is 11.5 Å². The number of esters is 2. The van der Waals surface area contributed by atoms with E-state index in [0.717, 1.165) is 34.4 Å². The number of carbonyl (C=O) groups is 2. The Labute approximate surface area is 261 Å². The van der Waals surface area contributed by atoms with E-state index in [1.54, 1.807) is 36.4 Å². The molecule has 0 atom stereocenters. The normalized spacial score (nSPS) is 11.1. The minimum atomic E-state index is -0.460. The standard InChI is InChI=1S/C40H42O4/c1-3-5-7-9-12-29-16-18-33-26-35(22-20-31(33)24-29)39(41)43-37-14-11-15-38(28-37)44-40(42)36-23-21-32-25-30(13-10-8-6-4-2)17-19-34(32)27-36/h11,14-28H,3-10,12-13H2,1-2H3. The molecule has 0 fully saturated rings. The summed E-state index contributed by atoms with van der Waals surface area (Å²) in [5.41, 5.74) is 3.58. The maximum atomic E-state index is 13.0. The molecule has 0 N–H and O–H groups in total. The fraction of sp³-hybridized carbons (Fsp3) is 0.300. The van der Waals surface area contributed by atoms with Crippen LogP contribution in [0.1, 0.15) is 97.1 Å². The van der Waals surface area contributed by atoms with Crippen molar-refractivity contribution in [3.8, 4) is 11.5 Å². The van der Waals surface area contributed by atoms with Crippen LogP contribution < -0.4 is 9.47 Å². The summed E-state index contributed by atoms with van der Waals surface area (Å²) in [6.07, 6.45) is 12.1. The first-order valence-electron chi connectivity index (χ1n) is 16.1. The number of hydrogen-bond acceptors (Lipinski definition) is 4. The SMILES string of the molecule is CCCCCCc1ccc2cc(C(=O)Oc3cccc(OC(=O)c4ccc5cc(CCCCCC)ccc5c4)c3)ccc2c1. The van der Waals surface area contributed by atoms with Crippen LogP contribution in [0.2, 0.25) is 0 Å². The third-order valence-electron chi connectivity index (χ3n) is 8.15. The molecule has 5 rings (SSSR count). The quantitative estimate of drug-likeness (QED) is 0.0738. The summed E-state index contributed by atoms with van der Waals surface area (Å²) in [6, 6.07) is 30.7. The highest BCUT2D eigenvalue weighted by Gasteiger charge is 2.13. The Kier molecular flexibility index (Phi) is 10.8. The van der Waals surface area contributed by atoms with Crippen molar-refractivity contribution in [2.75, 3.05) is 0 Å². The van der Waals surface area contributed by atoms with Gasteiger partial charge in [-0.15, -0.1) is 0 Å². The van der Waals surface area contributed by atoms with Crippen LogP contribution in [-0.4, -0.2) is 11.9 Å². The van der Waals surface area contributed by atoms with Crippen molar-refractivity contribution >= 4 is 33.5 Å². The molecular formula is C40H42O4. The monoisotopic (exact) mass is 586 g/mol. The lowest BCUT2D eigenvalue weighted by Crippen LogP contribution is -2.10. The predicted octanol–water partition coefficient (Wildman–Crippen LogP) is 10.7. The number of benzene rings is 5. The van der Waals surface area contributed by atoms with Crippen LogP contribution in [0.25, 0.3) is 21.5 Å². The van der Waals surface area contributed by atoms with Gasteiger partial charge in [-0.2, -0.15) is 0 Å². The van der Waals surface area contributed by atoms with E-state index < -0.39 is 11.9 Å². The smallest absolute Gasteiger partial charge is 0.343 e. The van der Waals surface area contributed by atoms with Crippen molar-refractivity contribution in [3.05, 3.63) is 119 Å². The molecule has 0 aromatic heterocycles. The highest BCUT2D eigenvalue weighted by Crippen LogP contribution is 2.25. The molecule has 0 saturated heterocycles. The van der Waals surface area contributed by atoms with E-state index in [0.29, 0.717) is 22.6 Å². The van der Waals surface area contributed by atoms with Crippen LogP contribution in [0, 0.1) is 0 Å². The average molecular weight is 587 g/mol. The van der Waals surface area contributed by atoms with Gasteiger partial charge >= 0.3 is 11.9 Å². The van der Waals surface area contributed by atoms with E-state index in [4.69, 9.17) is 9.47 Å². The van der Waals surface area contributed by atoms with Gasteiger partial charge in [0.25, 0.3) is 0 Å². The van der Waals surface area contributed by atoms with E-state index in [2.05, 4.69) is 50.2 Å². The zero-order valence-electron chi connectivity index (χ0n) is 25.9. The lowest BCUT2D eigenvalue weighted by atomic mass is 10.0. The van der Waals surface area contributed by atoms with E-state index in [9.17, 15) is 9.59 Å². The van der Waals surface area contributed by atoms with Gasteiger partial charge in [0.2, 0.25) is 0 Å². The van der Waals surface area contributed by atoms with Crippen LogP contribution in [0.15, 0.2) is 97.1 Å². The minimum Gasteiger partial charge on any atom is -0.423 e. The molecule has 0 spiro atoms. The van der Waals surface area contributed by atoms with Crippen molar-refractivity contribution in [3.63, 3.8) is 0 Å². The molecule has 4 nitrogen and oxygen atoms in total. The Morgan fingerprint density at radius 3 is 1.36 bits per heavy atom. The highest BCUT2D eigenvalue weighted by atomic mass is 16.5. The molecule has 0 bridgehead atoms. The topological polar surface area (TPSA) is 52.6 Å². The molecule has 0 unspecified atom stereocenters. The molecule has 0 amide bonds. The van der Waals surface area contributed by atoms with Gasteiger partial charge < -0.3 is 9.47 Å². The number of carbonyl (C=O) groups excluding carboxylic acids is 2. The fourth-order valence-electron chi connectivity index (χ4n) is 5.60. The molecule has 0 aliphatic rings. The second-order valence-corrected chi connectivity index (χ2v) is 11.7. The van der Waals surface area contributed by atoms with Crippen LogP contribution in [0.3, 0.4) is 0 Å².